The van der Waals surface area contributed by atoms with Crippen LogP contribution in [-0.2, 0) is 4.74 Å². The molecule has 7 heavy (non-hydrogen) atoms. The second kappa shape index (κ2) is 6.21. The third kappa shape index (κ3) is 6.21. The van der Waals surface area contributed by atoms with Crippen LogP contribution in [0.3, 0.4) is 0 Å². The average molecular weight is 126 g/mol. The van der Waals surface area contributed by atoms with Crippen molar-refractivity contribution in [3.8, 4) is 0 Å². The minimum Gasteiger partial charge on any atom is -0.380 e. The lowest BCUT2D eigenvalue weighted by molar-refractivity contribution is 0.125. The van der Waals surface area contributed by atoms with E-state index in [1.54, 1.807) is 7.11 Å². The van der Waals surface area contributed by atoms with Gasteiger partial charge in [0.15, 0.2) is 0 Å². The van der Waals surface area contributed by atoms with E-state index in [0.29, 0.717) is 6.54 Å². The van der Waals surface area contributed by atoms with Crippen molar-refractivity contribution in [2.75, 3.05) is 13.7 Å². The molecule has 0 rings (SSSR count). The summed E-state index contributed by atoms with van der Waals surface area (Å²) in [7, 11) is 1.65. The molecule has 0 saturated heterocycles. The van der Waals surface area contributed by atoms with Crippen LogP contribution in [0.5, 0.6) is 0 Å². The van der Waals surface area contributed by atoms with Gasteiger partial charge in [0.2, 0.25) is 0 Å². The van der Waals surface area contributed by atoms with Crippen molar-refractivity contribution in [3.05, 3.63) is 0 Å². The quantitative estimate of drug-likeness (QED) is 0.580. The van der Waals surface area contributed by atoms with Crippen molar-refractivity contribution in [1.29, 1.82) is 0 Å². The minimum absolute atomic E-state index is 0. The molecule has 0 amide bonds. The van der Waals surface area contributed by atoms with Gasteiger partial charge >= 0.3 is 0 Å². The van der Waals surface area contributed by atoms with Crippen molar-refractivity contribution in [1.82, 2.24) is 0 Å². The van der Waals surface area contributed by atoms with E-state index < -0.39 is 0 Å². The topological polar surface area (TPSA) is 35.2 Å². The first kappa shape index (κ1) is 10.2. The summed E-state index contributed by atoms with van der Waals surface area (Å²) in [6, 6.07) is 0. The first-order chi connectivity index (χ1) is 2.81. The fourth-order valence-electron chi connectivity index (χ4n) is 0.0962. The lowest BCUT2D eigenvalue weighted by atomic mass is 10.4. The van der Waals surface area contributed by atoms with Gasteiger partial charge in [-0.15, -0.1) is 12.4 Å². The van der Waals surface area contributed by atoms with E-state index in [2.05, 4.69) is 0 Å². The lowest BCUT2D eigenvalue weighted by Gasteiger charge is -2.01. The maximum absolute atomic E-state index is 5.16. The first-order valence-corrected chi connectivity index (χ1v) is 2.04. The molecule has 0 bridgehead atoms. The van der Waals surface area contributed by atoms with Gasteiger partial charge in [-0.1, -0.05) is 0 Å². The van der Waals surface area contributed by atoms with Crippen molar-refractivity contribution >= 4 is 12.4 Å². The standard InChI is InChI=1S/C4H11NO.ClH/c1-4(3-5)6-2;/h4H,3,5H2,1-2H3;1H/t4-;/m1./s1. The van der Waals surface area contributed by atoms with Gasteiger partial charge in [0.05, 0.1) is 6.10 Å². The van der Waals surface area contributed by atoms with Gasteiger partial charge in [-0.05, 0) is 6.92 Å². The number of rotatable bonds is 2. The maximum Gasteiger partial charge on any atom is 0.0665 e. The van der Waals surface area contributed by atoms with E-state index >= 15 is 0 Å². The molecule has 0 aromatic rings. The third-order valence-electron chi connectivity index (χ3n) is 0.734. The molecule has 0 unspecified atom stereocenters. The Morgan fingerprint density at radius 1 is 1.71 bits per heavy atom. The molecular weight excluding hydrogens is 114 g/mol. The number of nitrogens with two attached hydrogens (primary N) is 1. The molecule has 2 nitrogen and oxygen atoms in total. The number of hydrogen-bond donors (Lipinski definition) is 1. The fraction of sp³-hybridized carbons (Fsp3) is 1.00. The van der Waals surface area contributed by atoms with Crippen LogP contribution in [0.25, 0.3) is 0 Å². The van der Waals surface area contributed by atoms with Gasteiger partial charge in [0, 0.05) is 13.7 Å². The summed E-state index contributed by atoms with van der Waals surface area (Å²) < 4.78 is 4.77. The Labute approximate surface area is 50.4 Å². The van der Waals surface area contributed by atoms with Gasteiger partial charge in [0.25, 0.3) is 0 Å². The molecule has 0 aromatic heterocycles. The van der Waals surface area contributed by atoms with E-state index in [1.807, 2.05) is 6.92 Å². The SMILES string of the molecule is CO[C@H](C)CN.Cl. The largest absolute Gasteiger partial charge is 0.380 e. The van der Waals surface area contributed by atoms with Gasteiger partial charge in [0.1, 0.15) is 0 Å². The molecule has 2 N–H and O–H groups in total. The molecule has 0 aliphatic heterocycles. The van der Waals surface area contributed by atoms with Crippen molar-refractivity contribution < 1.29 is 4.74 Å². The second-order valence-electron chi connectivity index (χ2n) is 1.28. The van der Waals surface area contributed by atoms with Crippen LogP contribution < -0.4 is 5.73 Å². The van der Waals surface area contributed by atoms with Crippen LogP contribution in [0.4, 0.5) is 0 Å². The Balaban J connectivity index is 0. The molecule has 0 radical (unpaired) electrons. The molecule has 0 aliphatic rings. The Morgan fingerprint density at radius 2 is 2.14 bits per heavy atom. The molecule has 0 fully saturated rings. The van der Waals surface area contributed by atoms with Crippen molar-refractivity contribution in [3.63, 3.8) is 0 Å². The van der Waals surface area contributed by atoms with Crippen LogP contribution in [0.2, 0.25) is 0 Å². The van der Waals surface area contributed by atoms with E-state index in [9.17, 15) is 0 Å². The predicted octanol–water partition coefficient (Wildman–Crippen LogP) is 0.402. The van der Waals surface area contributed by atoms with Gasteiger partial charge < -0.3 is 10.5 Å². The molecule has 3 heteroatoms. The fourth-order valence-corrected chi connectivity index (χ4v) is 0.0962. The highest BCUT2D eigenvalue weighted by molar-refractivity contribution is 5.85. The van der Waals surface area contributed by atoms with Gasteiger partial charge in [-0.3, -0.25) is 0 Å². The maximum atomic E-state index is 5.16. The molecule has 0 aromatic carbocycles. The van der Waals surface area contributed by atoms with Crippen LogP contribution in [0, 0.1) is 0 Å². The normalized spacial score (nSPS) is 12.4. The zero-order valence-corrected chi connectivity index (χ0v) is 5.49. The van der Waals surface area contributed by atoms with Crippen LogP contribution in [-0.4, -0.2) is 19.8 Å². The van der Waals surface area contributed by atoms with E-state index in [-0.39, 0.29) is 18.5 Å². The minimum atomic E-state index is 0. The van der Waals surface area contributed by atoms with Gasteiger partial charge in [-0.25, -0.2) is 0 Å². The smallest absolute Gasteiger partial charge is 0.0665 e. The van der Waals surface area contributed by atoms with E-state index in [0.717, 1.165) is 0 Å². The molecule has 0 heterocycles. The summed E-state index contributed by atoms with van der Waals surface area (Å²) in [5.74, 6) is 0. The third-order valence-corrected chi connectivity index (χ3v) is 0.734. The average Bonchev–Trinajstić information content (AvgIpc) is 1.65. The molecule has 0 saturated carbocycles. The number of methoxy groups -OCH3 is 1. The summed E-state index contributed by atoms with van der Waals surface area (Å²) in [5, 5.41) is 0. The summed E-state index contributed by atoms with van der Waals surface area (Å²) in [6.45, 7) is 2.54. The molecule has 46 valence electrons. The van der Waals surface area contributed by atoms with E-state index in [4.69, 9.17) is 10.5 Å². The highest BCUT2D eigenvalue weighted by Gasteiger charge is 1.88. The highest BCUT2D eigenvalue weighted by Crippen LogP contribution is 1.78. The van der Waals surface area contributed by atoms with E-state index in [1.165, 1.54) is 0 Å². The van der Waals surface area contributed by atoms with Crippen molar-refractivity contribution in [2.24, 2.45) is 5.73 Å². The molecule has 1 atom stereocenters. The lowest BCUT2D eigenvalue weighted by Crippen LogP contribution is -2.17. The predicted molar refractivity (Wildman–Crippen MR) is 32.8 cm³/mol. The van der Waals surface area contributed by atoms with Crippen LogP contribution in [0.1, 0.15) is 6.92 Å². The highest BCUT2D eigenvalue weighted by atomic mass is 35.5. The summed E-state index contributed by atoms with van der Waals surface area (Å²) in [6.07, 6.45) is 0.213. The molecule has 0 aliphatic carbocycles. The number of halogens is 1. The summed E-state index contributed by atoms with van der Waals surface area (Å²) in [5.41, 5.74) is 5.16. The van der Waals surface area contributed by atoms with Crippen LogP contribution >= 0.6 is 12.4 Å². The molecule has 0 spiro atoms. The first-order valence-electron chi connectivity index (χ1n) is 2.04. The Kier molecular flexibility index (Phi) is 9.09. The Morgan fingerprint density at radius 3 is 2.14 bits per heavy atom. The summed E-state index contributed by atoms with van der Waals surface area (Å²) in [4.78, 5) is 0. The number of ether oxygens (including phenoxy) is 1. The zero-order chi connectivity index (χ0) is 4.99. The zero-order valence-electron chi connectivity index (χ0n) is 4.68. The van der Waals surface area contributed by atoms with Crippen molar-refractivity contribution in [2.45, 2.75) is 13.0 Å². The van der Waals surface area contributed by atoms with Gasteiger partial charge in [-0.2, -0.15) is 0 Å². The summed E-state index contributed by atoms with van der Waals surface area (Å²) >= 11 is 0. The molecular formula is C4H12ClNO. The second-order valence-corrected chi connectivity index (χ2v) is 1.28. The Hall–Kier alpha value is 0.210. The monoisotopic (exact) mass is 125 g/mol. The number of hydrogen-bond acceptors (Lipinski definition) is 2. The Bertz CT molecular complexity index is 30.9. The van der Waals surface area contributed by atoms with Crippen LogP contribution in [0.15, 0.2) is 0 Å².